The van der Waals surface area contributed by atoms with Crippen LogP contribution in [0.2, 0.25) is 0 Å². The van der Waals surface area contributed by atoms with Gasteiger partial charge in [0.1, 0.15) is 22.0 Å². The predicted molar refractivity (Wildman–Crippen MR) is 151 cm³/mol. The van der Waals surface area contributed by atoms with E-state index in [9.17, 15) is 33.2 Å². The summed E-state index contributed by atoms with van der Waals surface area (Å²) < 4.78 is 34.0. The van der Waals surface area contributed by atoms with Crippen molar-refractivity contribution in [3.63, 3.8) is 0 Å². The Balaban J connectivity index is 1.34. The molecule has 4 N–H and O–H groups in total. The first kappa shape index (κ1) is 27.7. The zero-order valence-electron chi connectivity index (χ0n) is 23.3. The number of ketones is 1. The van der Waals surface area contributed by atoms with Gasteiger partial charge in [0.2, 0.25) is 11.3 Å². The SMILES string of the molecule is Cc1cc(S(=O)(=O)N2CCNCC2)[nH]c1C(=O)NC12C(=O)c3cccc([N+](=O)[O-])c3C1(O)Oc1cc(C3CC3C)ccc12. The van der Waals surface area contributed by atoms with Crippen LogP contribution in [-0.4, -0.2) is 65.6 Å². The third-order valence-corrected chi connectivity index (χ3v) is 10.9. The maximum atomic E-state index is 14.3. The Morgan fingerprint density at radius 1 is 1.21 bits per heavy atom. The molecule has 3 aromatic rings. The number of piperazine rings is 1. The second kappa shape index (κ2) is 9.19. The molecule has 4 unspecified atom stereocenters. The predicted octanol–water partition coefficient (Wildman–Crippen LogP) is 2.01. The summed E-state index contributed by atoms with van der Waals surface area (Å²) in [4.78, 5) is 42.2. The fourth-order valence-corrected chi connectivity index (χ4v) is 8.19. The van der Waals surface area contributed by atoms with Gasteiger partial charge in [-0.15, -0.1) is 0 Å². The number of hydrogen-bond donors (Lipinski definition) is 4. The molecule has 13 nitrogen and oxygen atoms in total. The molecular formula is C29H29N5O8S. The van der Waals surface area contributed by atoms with E-state index >= 15 is 0 Å². The number of amides is 1. The molecule has 2 aliphatic heterocycles. The molecular weight excluding hydrogens is 578 g/mol. The molecule has 4 aliphatic rings. The Morgan fingerprint density at radius 3 is 2.60 bits per heavy atom. The highest BCUT2D eigenvalue weighted by atomic mass is 32.2. The molecule has 4 atom stereocenters. The molecule has 43 heavy (non-hydrogen) atoms. The number of carbonyl (C=O) groups excluding carboxylic acids is 2. The summed E-state index contributed by atoms with van der Waals surface area (Å²) >= 11 is 0. The molecule has 7 rings (SSSR count). The van der Waals surface area contributed by atoms with E-state index in [0.717, 1.165) is 18.1 Å². The maximum absolute atomic E-state index is 14.3. The third kappa shape index (κ3) is 3.76. The number of aromatic nitrogens is 1. The number of nitrogens with one attached hydrogen (secondary N) is 3. The molecule has 0 bridgehead atoms. The zero-order valence-corrected chi connectivity index (χ0v) is 24.2. The molecule has 3 heterocycles. The molecule has 1 amide bonds. The monoisotopic (exact) mass is 607 g/mol. The van der Waals surface area contributed by atoms with Crippen LogP contribution in [-0.2, 0) is 21.3 Å². The summed E-state index contributed by atoms with van der Waals surface area (Å²) in [6.45, 7) is 5.15. The highest BCUT2D eigenvalue weighted by molar-refractivity contribution is 7.89. The smallest absolute Gasteiger partial charge is 0.280 e. The van der Waals surface area contributed by atoms with E-state index in [2.05, 4.69) is 22.5 Å². The van der Waals surface area contributed by atoms with E-state index < -0.39 is 43.7 Å². The van der Waals surface area contributed by atoms with Gasteiger partial charge in [-0.1, -0.05) is 31.2 Å². The number of nitro groups is 1. The second-order valence-corrected chi connectivity index (χ2v) is 13.6. The van der Waals surface area contributed by atoms with E-state index in [1.54, 1.807) is 25.1 Å². The summed E-state index contributed by atoms with van der Waals surface area (Å²) in [6.07, 6.45) is 0.962. The number of ether oxygens (including phenoxy) is 1. The molecule has 0 radical (unpaired) electrons. The number of fused-ring (bicyclic) bond motifs is 5. The summed E-state index contributed by atoms with van der Waals surface area (Å²) in [5.74, 6) is -3.48. The minimum atomic E-state index is -3.94. The van der Waals surface area contributed by atoms with Crippen LogP contribution < -0.4 is 15.4 Å². The average Bonchev–Trinajstić information content (AvgIpc) is 3.42. The van der Waals surface area contributed by atoms with E-state index in [-0.39, 0.29) is 57.7 Å². The quantitative estimate of drug-likeness (QED) is 0.240. The first-order valence-electron chi connectivity index (χ1n) is 14.0. The van der Waals surface area contributed by atoms with Crippen molar-refractivity contribution in [1.82, 2.24) is 19.9 Å². The number of aryl methyl sites for hydroxylation is 1. The van der Waals surface area contributed by atoms with Crippen molar-refractivity contribution >= 4 is 27.4 Å². The van der Waals surface area contributed by atoms with Crippen LogP contribution in [0.3, 0.4) is 0 Å². The molecule has 224 valence electrons. The highest BCUT2D eigenvalue weighted by Crippen LogP contribution is 2.61. The first-order chi connectivity index (χ1) is 20.4. The van der Waals surface area contributed by atoms with Crippen molar-refractivity contribution in [2.45, 2.75) is 42.5 Å². The number of sulfonamides is 1. The van der Waals surface area contributed by atoms with Crippen molar-refractivity contribution in [1.29, 1.82) is 0 Å². The molecule has 2 aliphatic carbocycles. The Morgan fingerprint density at radius 2 is 1.93 bits per heavy atom. The molecule has 0 spiro atoms. The van der Waals surface area contributed by atoms with E-state index in [1.807, 2.05) is 0 Å². The summed E-state index contributed by atoms with van der Waals surface area (Å²) in [7, 11) is -3.94. The van der Waals surface area contributed by atoms with Crippen molar-refractivity contribution in [3.8, 4) is 5.75 Å². The Kier molecular flexibility index (Phi) is 5.92. The number of nitrogens with zero attached hydrogens (tertiary/aromatic N) is 2. The zero-order chi connectivity index (χ0) is 30.5. The molecule has 1 saturated heterocycles. The van der Waals surface area contributed by atoms with E-state index in [1.165, 1.54) is 22.5 Å². The fourth-order valence-electron chi connectivity index (χ4n) is 6.69. The molecule has 2 fully saturated rings. The van der Waals surface area contributed by atoms with Crippen LogP contribution >= 0.6 is 0 Å². The summed E-state index contributed by atoms with van der Waals surface area (Å²) in [5.41, 5.74) is -2.10. The van der Waals surface area contributed by atoms with Gasteiger partial charge in [0.15, 0.2) is 0 Å². The van der Waals surface area contributed by atoms with E-state index in [4.69, 9.17) is 4.74 Å². The Hall–Kier alpha value is -4.11. The number of aromatic amines is 1. The molecule has 2 aromatic carbocycles. The normalized spacial score (nSPS) is 27.7. The highest BCUT2D eigenvalue weighted by Gasteiger charge is 2.73. The summed E-state index contributed by atoms with van der Waals surface area (Å²) in [6, 6.07) is 10.3. The van der Waals surface area contributed by atoms with Crippen molar-refractivity contribution in [2.75, 3.05) is 26.2 Å². The van der Waals surface area contributed by atoms with Crippen LogP contribution in [0.15, 0.2) is 47.5 Å². The van der Waals surface area contributed by atoms with Crippen molar-refractivity contribution < 1.29 is 32.8 Å². The molecule has 1 aromatic heterocycles. The largest absolute Gasteiger partial charge is 0.454 e. The number of nitro benzene ring substituents is 1. The van der Waals surface area contributed by atoms with Gasteiger partial charge in [-0.3, -0.25) is 19.7 Å². The fraction of sp³-hybridized carbons (Fsp3) is 0.379. The van der Waals surface area contributed by atoms with Gasteiger partial charge in [0, 0.05) is 43.4 Å². The maximum Gasteiger partial charge on any atom is 0.280 e. The van der Waals surface area contributed by atoms with Gasteiger partial charge in [-0.25, -0.2) is 8.42 Å². The second-order valence-electron chi connectivity index (χ2n) is 11.7. The van der Waals surface area contributed by atoms with Gasteiger partial charge in [0.05, 0.1) is 4.92 Å². The van der Waals surface area contributed by atoms with Gasteiger partial charge in [-0.05, 0) is 48.4 Å². The standard InChI is InChI=1S/C29H29N5O8S/c1-15-12-19(15)17-6-7-20-22(14-17)42-29(37)24-18(4-3-5-21(24)34(38)39)26(35)28(20,29)32-27(36)25-16(2)13-23(31-25)43(40,41)33-10-8-30-9-11-33/h3-7,13-15,19,30-31,37H,8-12H2,1-2H3,(H,32,36). The lowest BCUT2D eigenvalue weighted by molar-refractivity contribution is -0.388. The van der Waals surface area contributed by atoms with Crippen molar-refractivity contribution in [3.05, 3.63) is 86.1 Å². The van der Waals surface area contributed by atoms with E-state index in [0.29, 0.717) is 19.0 Å². The Labute approximate surface area is 246 Å². The van der Waals surface area contributed by atoms with Crippen LogP contribution in [0.1, 0.15) is 62.4 Å². The van der Waals surface area contributed by atoms with Crippen LogP contribution in [0.5, 0.6) is 5.75 Å². The number of H-pyrrole nitrogens is 1. The number of carbonyl (C=O) groups is 2. The van der Waals surface area contributed by atoms with Crippen LogP contribution in [0.4, 0.5) is 5.69 Å². The van der Waals surface area contributed by atoms with Crippen LogP contribution in [0.25, 0.3) is 0 Å². The van der Waals surface area contributed by atoms with Gasteiger partial charge >= 0.3 is 0 Å². The number of benzene rings is 2. The lowest BCUT2D eigenvalue weighted by atomic mass is 9.82. The third-order valence-electron chi connectivity index (χ3n) is 9.09. The molecule has 14 heteroatoms. The summed E-state index contributed by atoms with van der Waals surface area (Å²) in [5, 5.41) is 29.8. The number of aliphatic hydroxyl groups is 1. The van der Waals surface area contributed by atoms with Crippen molar-refractivity contribution in [2.24, 2.45) is 5.92 Å². The molecule has 1 saturated carbocycles. The number of hydrogen-bond acceptors (Lipinski definition) is 9. The minimum absolute atomic E-state index is 0.127. The average molecular weight is 608 g/mol. The topological polar surface area (TPSA) is 184 Å². The van der Waals surface area contributed by atoms with Gasteiger partial charge < -0.3 is 25.5 Å². The lowest BCUT2D eigenvalue weighted by Crippen LogP contribution is -2.60. The minimum Gasteiger partial charge on any atom is -0.454 e. The lowest BCUT2D eigenvalue weighted by Gasteiger charge is -2.34. The van der Waals surface area contributed by atoms with Gasteiger partial charge in [-0.2, -0.15) is 4.31 Å². The van der Waals surface area contributed by atoms with Gasteiger partial charge in [0.25, 0.3) is 27.4 Å². The van der Waals surface area contributed by atoms with Crippen LogP contribution in [0, 0.1) is 23.0 Å². The number of rotatable bonds is 6. The number of Topliss-reactive ketones (excluding diaryl/α,β-unsaturated/α-hetero) is 1. The Bertz CT molecular complexity index is 1850. The first-order valence-corrected chi connectivity index (χ1v) is 15.5.